The number of hydrogen-bond acceptors (Lipinski definition) is 2. The molecule has 1 aliphatic rings. The highest BCUT2D eigenvalue weighted by Gasteiger charge is 2.52. The molecule has 82 valence electrons. The molecule has 16 heavy (non-hydrogen) atoms. The molecule has 2 aromatic rings. The lowest BCUT2D eigenvalue weighted by atomic mass is 9.98. The van der Waals surface area contributed by atoms with Crippen LogP contribution in [0, 0.1) is 0 Å². The molecule has 0 aromatic carbocycles. The van der Waals surface area contributed by atoms with E-state index in [0.29, 0.717) is 10.7 Å². The number of fused-ring (bicyclic) bond motifs is 1. The van der Waals surface area contributed by atoms with E-state index in [1.54, 1.807) is 12.4 Å². The number of aromatic nitrogens is 2. The highest BCUT2D eigenvalue weighted by atomic mass is 35.5. The number of aromatic amines is 1. The molecule has 5 heteroatoms. The fraction of sp³-hybridized carbons (Fsp3) is 0.273. The molecule has 0 saturated heterocycles. The molecule has 4 nitrogen and oxygen atoms in total. The summed E-state index contributed by atoms with van der Waals surface area (Å²) in [6, 6.07) is 1.84. The molecule has 3 rings (SSSR count). The minimum absolute atomic E-state index is 0.315. The van der Waals surface area contributed by atoms with Gasteiger partial charge >= 0.3 is 0 Å². The number of pyridine rings is 1. The second-order valence-corrected chi connectivity index (χ2v) is 4.57. The number of H-pyrrole nitrogens is 1. The molecule has 2 aromatic heterocycles. The molecule has 0 radical (unpaired) electrons. The Morgan fingerprint density at radius 2 is 2.31 bits per heavy atom. The number of hydrogen-bond donors (Lipinski definition) is 2. The summed E-state index contributed by atoms with van der Waals surface area (Å²) in [6.07, 6.45) is 4.90. The van der Waals surface area contributed by atoms with Gasteiger partial charge < -0.3 is 10.7 Å². The van der Waals surface area contributed by atoms with Gasteiger partial charge in [0.15, 0.2) is 0 Å². The molecule has 0 aliphatic heterocycles. The zero-order valence-corrected chi connectivity index (χ0v) is 9.21. The average molecular weight is 236 g/mol. The first kappa shape index (κ1) is 9.66. The second-order valence-electron chi connectivity index (χ2n) is 4.17. The third-order valence-electron chi connectivity index (χ3n) is 3.22. The number of carbonyl (C=O) groups excluding carboxylic acids is 1. The number of carbonyl (C=O) groups is 1. The molecule has 0 spiro atoms. The number of primary amides is 1. The van der Waals surface area contributed by atoms with Crippen molar-refractivity contribution in [2.45, 2.75) is 18.3 Å². The third kappa shape index (κ3) is 1.10. The van der Waals surface area contributed by atoms with E-state index in [-0.39, 0.29) is 5.91 Å². The van der Waals surface area contributed by atoms with Gasteiger partial charge in [0, 0.05) is 17.8 Å². The third-order valence-corrected chi connectivity index (χ3v) is 3.52. The van der Waals surface area contributed by atoms with Crippen LogP contribution in [0.2, 0.25) is 5.02 Å². The maximum absolute atomic E-state index is 11.5. The summed E-state index contributed by atoms with van der Waals surface area (Å²) in [5, 5.41) is 1.41. The first-order valence-electron chi connectivity index (χ1n) is 5.07. The topological polar surface area (TPSA) is 71.8 Å². The Balaban J connectivity index is 2.32. The van der Waals surface area contributed by atoms with E-state index in [4.69, 9.17) is 17.3 Å². The van der Waals surface area contributed by atoms with Crippen molar-refractivity contribution < 1.29 is 4.79 Å². The molecular weight excluding hydrogens is 226 g/mol. The van der Waals surface area contributed by atoms with Gasteiger partial charge in [0.25, 0.3) is 0 Å². The number of rotatable bonds is 2. The number of nitrogens with two attached hydrogens (primary N) is 1. The highest BCUT2D eigenvalue weighted by Crippen LogP contribution is 2.49. The van der Waals surface area contributed by atoms with E-state index in [1.807, 2.05) is 6.07 Å². The van der Waals surface area contributed by atoms with Gasteiger partial charge in [0.1, 0.15) is 0 Å². The predicted octanol–water partition coefficient (Wildman–Crippen LogP) is 1.73. The van der Waals surface area contributed by atoms with Crippen LogP contribution in [0.25, 0.3) is 10.9 Å². The molecule has 2 heterocycles. The van der Waals surface area contributed by atoms with Crippen molar-refractivity contribution in [2.24, 2.45) is 5.73 Å². The van der Waals surface area contributed by atoms with Crippen LogP contribution < -0.4 is 5.73 Å². The summed E-state index contributed by atoms with van der Waals surface area (Å²) in [5.74, 6) is -0.315. The summed E-state index contributed by atoms with van der Waals surface area (Å²) in [6.45, 7) is 0. The van der Waals surface area contributed by atoms with Crippen LogP contribution in [-0.2, 0) is 10.2 Å². The van der Waals surface area contributed by atoms with Crippen LogP contribution in [0.5, 0.6) is 0 Å². The zero-order valence-electron chi connectivity index (χ0n) is 8.46. The predicted molar refractivity (Wildman–Crippen MR) is 61.2 cm³/mol. The number of halogens is 1. The fourth-order valence-electron chi connectivity index (χ4n) is 2.12. The minimum atomic E-state index is -0.592. The van der Waals surface area contributed by atoms with Crippen molar-refractivity contribution in [3.8, 4) is 0 Å². The van der Waals surface area contributed by atoms with Crippen molar-refractivity contribution in [3.63, 3.8) is 0 Å². The summed E-state index contributed by atoms with van der Waals surface area (Å²) < 4.78 is 0. The average Bonchev–Trinajstić information content (AvgIpc) is 3.00. The van der Waals surface area contributed by atoms with Crippen molar-refractivity contribution in [1.29, 1.82) is 0 Å². The first-order valence-corrected chi connectivity index (χ1v) is 5.45. The van der Waals surface area contributed by atoms with Gasteiger partial charge in [0.05, 0.1) is 21.6 Å². The van der Waals surface area contributed by atoms with E-state index in [1.165, 1.54) is 0 Å². The van der Waals surface area contributed by atoms with Gasteiger partial charge in [0.2, 0.25) is 5.91 Å². The van der Waals surface area contributed by atoms with Crippen LogP contribution in [0.15, 0.2) is 18.5 Å². The van der Waals surface area contributed by atoms with Crippen molar-refractivity contribution in [3.05, 3.63) is 29.2 Å². The molecule has 1 fully saturated rings. The molecule has 0 bridgehead atoms. The maximum Gasteiger partial charge on any atom is 0.229 e. The van der Waals surface area contributed by atoms with Crippen LogP contribution in [0.1, 0.15) is 18.5 Å². The van der Waals surface area contributed by atoms with E-state index in [2.05, 4.69) is 9.97 Å². The first-order chi connectivity index (χ1) is 7.65. The quantitative estimate of drug-likeness (QED) is 0.832. The van der Waals surface area contributed by atoms with Crippen molar-refractivity contribution in [1.82, 2.24) is 9.97 Å². The van der Waals surface area contributed by atoms with E-state index < -0.39 is 5.41 Å². The van der Waals surface area contributed by atoms with Crippen LogP contribution >= 0.6 is 11.6 Å². The smallest absolute Gasteiger partial charge is 0.229 e. The molecular formula is C11H10ClN3O. The Labute approximate surface area is 96.8 Å². The van der Waals surface area contributed by atoms with Gasteiger partial charge in [-0.15, -0.1) is 0 Å². The van der Waals surface area contributed by atoms with E-state index >= 15 is 0 Å². The normalized spacial score (nSPS) is 17.6. The molecule has 1 saturated carbocycles. The van der Waals surface area contributed by atoms with E-state index in [0.717, 1.165) is 23.7 Å². The Kier molecular flexibility index (Phi) is 1.80. The molecule has 1 aliphatic carbocycles. The summed E-state index contributed by atoms with van der Waals surface area (Å²) in [7, 11) is 0. The number of nitrogens with zero attached hydrogens (tertiary/aromatic N) is 1. The van der Waals surface area contributed by atoms with Gasteiger partial charge in [-0.1, -0.05) is 11.6 Å². The fourth-order valence-corrected chi connectivity index (χ4v) is 2.37. The number of nitrogens with one attached hydrogen (secondary N) is 1. The van der Waals surface area contributed by atoms with Crippen molar-refractivity contribution >= 4 is 28.4 Å². The Hall–Kier alpha value is -1.55. The van der Waals surface area contributed by atoms with Gasteiger partial charge in [-0.2, -0.15) is 0 Å². The lowest BCUT2D eigenvalue weighted by Gasteiger charge is -2.11. The molecule has 0 atom stereocenters. The van der Waals surface area contributed by atoms with Crippen molar-refractivity contribution in [2.75, 3.05) is 0 Å². The van der Waals surface area contributed by atoms with Gasteiger partial charge in [-0.05, 0) is 18.9 Å². The Morgan fingerprint density at radius 1 is 1.56 bits per heavy atom. The highest BCUT2D eigenvalue weighted by molar-refractivity contribution is 6.36. The van der Waals surface area contributed by atoms with Crippen LogP contribution in [-0.4, -0.2) is 15.9 Å². The number of amides is 1. The zero-order chi connectivity index (χ0) is 11.3. The van der Waals surface area contributed by atoms with Crippen LogP contribution in [0.3, 0.4) is 0 Å². The van der Waals surface area contributed by atoms with Gasteiger partial charge in [-0.3, -0.25) is 9.78 Å². The standard InChI is InChI=1S/C11H10ClN3O/c12-6-5-15-7-1-4-14-9(8(6)7)11(2-3-11)10(13)16/h1,4-5,15H,2-3H2,(H2,13,16). The maximum atomic E-state index is 11.5. The summed E-state index contributed by atoms with van der Waals surface area (Å²) in [5.41, 5.74) is 6.45. The van der Waals surface area contributed by atoms with Crippen LogP contribution in [0.4, 0.5) is 0 Å². The summed E-state index contributed by atoms with van der Waals surface area (Å²) in [4.78, 5) is 18.8. The largest absolute Gasteiger partial charge is 0.369 e. The molecule has 1 amide bonds. The second kappa shape index (κ2) is 2.98. The monoisotopic (exact) mass is 235 g/mol. The lowest BCUT2D eigenvalue weighted by Crippen LogP contribution is -2.29. The minimum Gasteiger partial charge on any atom is -0.369 e. The Morgan fingerprint density at radius 3 is 2.94 bits per heavy atom. The van der Waals surface area contributed by atoms with Gasteiger partial charge in [-0.25, -0.2) is 0 Å². The van der Waals surface area contributed by atoms with E-state index in [9.17, 15) is 4.79 Å². The Bertz CT molecular complexity index is 586. The molecule has 3 N–H and O–H groups in total. The summed E-state index contributed by atoms with van der Waals surface area (Å²) >= 11 is 6.09. The lowest BCUT2D eigenvalue weighted by molar-refractivity contribution is -0.120. The SMILES string of the molecule is NC(=O)C1(c2nccc3[nH]cc(Cl)c23)CC1. The molecule has 0 unspecified atom stereocenters.